The molecule has 102 valence electrons. The molecule has 0 aliphatic carbocycles. The molecule has 0 aromatic heterocycles. The third kappa shape index (κ3) is 5.61. The molecule has 0 heterocycles. The molecule has 1 aromatic rings. The second-order valence-electron chi connectivity index (χ2n) is 4.03. The lowest BCUT2D eigenvalue weighted by Crippen LogP contribution is -2.12. The Bertz CT molecular complexity index is 497. The van der Waals surface area contributed by atoms with E-state index in [1.54, 1.807) is 17.8 Å². The van der Waals surface area contributed by atoms with E-state index in [1.807, 2.05) is 25.3 Å². The number of hydrogen-bond donors (Lipinski definition) is 2. The molecule has 19 heavy (non-hydrogen) atoms. The van der Waals surface area contributed by atoms with Gasteiger partial charge >= 0.3 is 5.97 Å². The van der Waals surface area contributed by atoms with Gasteiger partial charge in [-0.15, -0.1) is 0 Å². The maximum absolute atomic E-state index is 11.6. The first-order chi connectivity index (χ1) is 9.02. The van der Waals surface area contributed by atoms with E-state index < -0.39 is 5.97 Å². The standard InChI is InChI=1S/C14H17NO3S/c1-10-3-5-12(15-13(16)7-8-19-2)9-11(10)4-6-14(17)18/h3-6,9H,7-8H2,1-2H3,(H,15,16)(H,17,18)/b6-4+. The average Bonchev–Trinajstić information content (AvgIpc) is 2.37. The molecule has 4 nitrogen and oxygen atoms in total. The summed E-state index contributed by atoms with van der Waals surface area (Å²) in [7, 11) is 0. The van der Waals surface area contributed by atoms with Gasteiger partial charge in [0.05, 0.1) is 0 Å². The van der Waals surface area contributed by atoms with E-state index in [4.69, 9.17) is 5.11 Å². The van der Waals surface area contributed by atoms with Crippen LogP contribution in [-0.4, -0.2) is 29.0 Å². The third-order valence-corrected chi connectivity index (χ3v) is 3.11. The van der Waals surface area contributed by atoms with Crippen LogP contribution in [0.3, 0.4) is 0 Å². The van der Waals surface area contributed by atoms with Crippen LogP contribution >= 0.6 is 11.8 Å². The van der Waals surface area contributed by atoms with Crippen molar-refractivity contribution in [3.63, 3.8) is 0 Å². The van der Waals surface area contributed by atoms with Crippen LogP contribution in [0.4, 0.5) is 5.69 Å². The van der Waals surface area contributed by atoms with Gasteiger partial charge in [0.15, 0.2) is 0 Å². The quantitative estimate of drug-likeness (QED) is 0.786. The Morgan fingerprint density at radius 2 is 2.16 bits per heavy atom. The summed E-state index contributed by atoms with van der Waals surface area (Å²) in [5, 5.41) is 11.4. The van der Waals surface area contributed by atoms with E-state index in [1.165, 1.54) is 6.08 Å². The number of anilines is 1. The highest BCUT2D eigenvalue weighted by molar-refractivity contribution is 7.98. The van der Waals surface area contributed by atoms with Gasteiger partial charge in [0.1, 0.15) is 0 Å². The fraction of sp³-hybridized carbons (Fsp3) is 0.286. The van der Waals surface area contributed by atoms with Crippen molar-refractivity contribution in [2.24, 2.45) is 0 Å². The largest absolute Gasteiger partial charge is 0.478 e. The van der Waals surface area contributed by atoms with Crippen molar-refractivity contribution in [3.8, 4) is 0 Å². The fourth-order valence-electron chi connectivity index (χ4n) is 1.48. The first kappa shape index (κ1) is 15.3. The molecule has 0 saturated carbocycles. The summed E-state index contributed by atoms with van der Waals surface area (Å²) < 4.78 is 0. The highest BCUT2D eigenvalue weighted by atomic mass is 32.2. The number of nitrogens with one attached hydrogen (secondary N) is 1. The van der Waals surface area contributed by atoms with Crippen LogP contribution in [0.1, 0.15) is 17.5 Å². The van der Waals surface area contributed by atoms with Crippen LogP contribution in [-0.2, 0) is 9.59 Å². The minimum Gasteiger partial charge on any atom is -0.478 e. The van der Waals surface area contributed by atoms with Crippen LogP contribution in [0.5, 0.6) is 0 Å². The normalized spacial score (nSPS) is 10.6. The summed E-state index contributed by atoms with van der Waals surface area (Å²) in [6.07, 6.45) is 5.03. The van der Waals surface area contributed by atoms with E-state index in [2.05, 4.69) is 5.32 Å². The molecule has 1 aromatic carbocycles. The van der Waals surface area contributed by atoms with Crippen molar-refractivity contribution in [2.45, 2.75) is 13.3 Å². The molecule has 1 rings (SSSR count). The number of carbonyl (C=O) groups excluding carboxylic acids is 1. The number of rotatable bonds is 6. The summed E-state index contributed by atoms with van der Waals surface area (Å²) in [6, 6.07) is 5.43. The molecule has 1 amide bonds. The highest BCUT2D eigenvalue weighted by Gasteiger charge is 2.03. The molecule has 0 unspecified atom stereocenters. The number of carboxylic acids is 1. The van der Waals surface area contributed by atoms with Gasteiger partial charge < -0.3 is 10.4 Å². The summed E-state index contributed by atoms with van der Waals surface area (Å²) in [4.78, 5) is 22.1. The molecule has 0 radical (unpaired) electrons. The Labute approximate surface area is 116 Å². The topological polar surface area (TPSA) is 66.4 Å². The van der Waals surface area contributed by atoms with Crippen LogP contribution in [0.15, 0.2) is 24.3 Å². The molecule has 0 atom stereocenters. The maximum atomic E-state index is 11.6. The van der Waals surface area contributed by atoms with E-state index >= 15 is 0 Å². The van der Waals surface area contributed by atoms with Crippen LogP contribution < -0.4 is 5.32 Å². The van der Waals surface area contributed by atoms with Crippen LogP contribution in [0.25, 0.3) is 6.08 Å². The number of carbonyl (C=O) groups is 2. The van der Waals surface area contributed by atoms with E-state index in [-0.39, 0.29) is 5.91 Å². The molecule has 0 fully saturated rings. The Kier molecular flexibility index (Phi) is 6.15. The molecule has 5 heteroatoms. The zero-order valence-corrected chi connectivity index (χ0v) is 11.8. The molecule has 0 bridgehead atoms. The summed E-state index contributed by atoms with van der Waals surface area (Å²) in [5.41, 5.74) is 2.42. The average molecular weight is 279 g/mol. The zero-order valence-electron chi connectivity index (χ0n) is 11.0. The van der Waals surface area contributed by atoms with Gasteiger partial charge in [-0.2, -0.15) is 11.8 Å². The highest BCUT2D eigenvalue weighted by Crippen LogP contribution is 2.17. The van der Waals surface area contributed by atoms with Crippen molar-refractivity contribution in [2.75, 3.05) is 17.3 Å². The third-order valence-electron chi connectivity index (χ3n) is 2.50. The van der Waals surface area contributed by atoms with Crippen molar-refractivity contribution >= 4 is 35.4 Å². The van der Waals surface area contributed by atoms with E-state index in [0.717, 1.165) is 23.0 Å². The van der Waals surface area contributed by atoms with Gasteiger partial charge in [0, 0.05) is 23.9 Å². The molecule has 0 aliphatic rings. The van der Waals surface area contributed by atoms with Gasteiger partial charge in [0.2, 0.25) is 5.91 Å². The summed E-state index contributed by atoms with van der Waals surface area (Å²) in [5.74, 6) is -0.246. The number of amides is 1. The minimum atomic E-state index is -0.992. The monoisotopic (exact) mass is 279 g/mol. The van der Waals surface area contributed by atoms with Crippen molar-refractivity contribution in [1.29, 1.82) is 0 Å². The van der Waals surface area contributed by atoms with Gasteiger partial charge in [-0.05, 0) is 42.5 Å². The maximum Gasteiger partial charge on any atom is 0.328 e. The predicted octanol–water partition coefficient (Wildman–Crippen LogP) is 2.78. The van der Waals surface area contributed by atoms with E-state index in [0.29, 0.717) is 12.1 Å². The van der Waals surface area contributed by atoms with Gasteiger partial charge in [-0.3, -0.25) is 4.79 Å². The van der Waals surface area contributed by atoms with Gasteiger partial charge in [0.25, 0.3) is 0 Å². The molecule has 2 N–H and O–H groups in total. The SMILES string of the molecule is CSCCC(=O)Nc1ccc(C)c(/C=C/C(=O)O)c1. The Morgan fingerprint density at radius 1 is 1.42 bits per heavy atom. The number of benzene rings is 1. The number of carboxylic acid groups (broad SMARTS) is 1. The minimum absolute atomic E-state index is 0.0358. The zero-order chi connectivity index (χ0) is 14.3. The first-order valence-corrected chi connectivity index (χ1v) is 7.22. The summed E-state index contributed by atoms with van der Waals surface area (Å²) in [6.45, 7) is 1.89. The Morgan fingerprint density at radius 3 is 2.79 bits per heavy atom. The van der Waals surface area contributed by atoms with Crippen LogP contribution in [0, 0.1) is 6.92 Å². The number of aliphatic carboxylic acids is 1. The Hall–Kier alpha value is -1.75. The van der Waals surface area contributed by atoms with Crippen molar-refractivity contribution < 1.29 is 14.7 Å². The molecular weight excluding hydrogens is 262 g/mol. The lowest BCUT2D eigenvalue weighted by molar-refractivity contribution is -0.131. The molecule has 0 spiro atoms. The lowest BCUT2D eigenvalue weighted by Gasteiger charge is -2.07. The first-order valence-electron chi connectivity index (χ1n) is 5.83. The molecule has 0 saturated heterocycles. The second kappa shape index (κ2) is 7.63. The lowest BCUT2D eigenvalue weighted by atomic mass is 10.1. The van der Waals surface area contributed by atoms with Crippen molar-refractivity contribution in [1.82, 2.24) is 0 Å². The van der Waals surface area contributed by atoms with E-state index in [9.17, 15) is 9.59 Å². The molecular formula is C14H17NO3S. The van der Waals surface area contributed by atoms with Gasteiger partial charge in [-0.1, -0.05) is 6.07 Å². The smallest absolute Gasteiger partial charge is 0.328 e. The predicted molar refractivity (Wildman–Crippen MR) is 79.5 cm³/mol. The number of hydrogen-bond acceptors (Lipinski definition) is 3. The van der Waals surface area contributed by atoms with Crippen molar-refractivity contribution in [3.05, 3.63) is 35.4 Å². The fourth-order valence-corrected chi connectivity index (χ4v) is 1.87. The van der Waals surface area contributed by atoms with Gasteiger partial charge in [-0.25, -0.2) is 4.79 Å². The number of thioether (sulfide) groups is 1. The number of aryl methyl sites for hydroxylation is 1. The van der Waals surface area contributed by atoms with Crippen LogP contribution in [0.2, 0.25) is 0 Å². The molecule has 0 aliphatic heterocycles. The second-order valence-corrected chi connectivity index (χ2v) is 5.02. The Balaban J connectivity index is 2.78. The summed E-state index contributed by atoms with van der Waals surface area (Å²) >= 11 is 1.62.